The summed E-state index contributed by atoms with van der Waals surface area (Å²) in [4.78, 5) is 34.8. The number of hydrogen-bond acceptors (Lipinski definition) is 8. The van der Waals surface area contributed by atoms with Crippen molar-refractivity contribution in [2.75, 3.05) is 26.4 Å². The fourth-order valence-corrected chi connectivity index (χ4v) is 9.88. The van der Waals surface area contributed by atoms with Crippen molar-refractivity contribution >= 4 is 19.8 Å². The number of unbranched alkanes of at least 4 members (excludes halogenated alkanes) is 44. The molecular weight excluding hydrogens is 858 g/mol. The van der Waals surface area contributed by atoms with Crippen LogP contribution in [0.25, 0.3) is 0 Å². The number of rotatable bonds is 57. The molecule has 0 aliphatic rings. The number of ether oxygens (including phenoxy) is 2. The number of nitrogens with two attached hydrogens (primary N) is 1. The van der Waals surface area contributed by atoms with Crippen LogP contribution in [0.1, 0.15) is 322 Å². The summed E-state index contributed by atoms with van der Waals surface area (Å²) < 4.78 is 32.8. The highest BCUT2D eigenvalue weighted by Gasteiger charge is 2.26. The van der Waals surface area contributed by atoms with Crippen LogP contribution in [0.15, 0.2) is 0 Å². The van der Waals surface area contributed by atoms with E-state index in [-0.39, 0.29) is 38.6 Å². The van der Waals surface area contributed by atoms with Crippen molar-refractivity contribution in [3.8, 4) is 0 Å². The Morgan fingerprint density at radius 1 is 0.388 bits per heavy atom. The van der Waals surface area contributed by atoms with Crippen LogP contribution in [0.4, 0.5) is 0 Å². The van der Waals surface area contributed by atoms with Gasteiger partial charge in [-0.2, -0.15) is 0 Å². The molecule has 3 N–H and O–H groups in total. The second kappa shape index (κ2) is 54.3. The monoisotopic (exact) mass is 972 g/mol. The fraction of sp³-hybridized carbons (Fsp3) is 0.965. The maximum atomic E-state index is 12.6. The summed E-state index contributed by atoms with van der Waals surface area (Å²) in [6.45, 7) is 3.74. The first-order valence-corrected chi connectivity index (χ1v) is 31.0. The molecule has 0 aromatic heterocycles. The molecule has 0 rings (SSSR count). The molecule has 9 nitrogen and oxygen atoms in total. The molecule has 0 amide bonds. The van der Waals surface area contributed by atoms with Crippen molar-refractivity contribution in [1.29, 1.82) is 0 Å². The second-order valence-corrected chi connectivity index (χ2v) is 21.7. The quantitative estimate of drug-likeness (QED) is 0.0347. The molecule has 10 heteroatoms. The molecule has 2 atom stereocenters. The molecule has 400 valence electrons. The molecule has 2 unspecified atom stereocenters. The standard InChI is InChI=1S/C57H114NO8P/c1-3-5-7-9-11-12-13-14-15-16-17-18-19-20-21-22-23-24-25-26-27-28-29-30-31-32-33-34-35-36-37-38-39-40-41-42-44-46-48-50-57(60)66-55(54-65-67(61,62)64-52-51-58)53-63-56(59)49-47-45-43-10-8-6-4-2/h55H,3-54,58H2,1-2H3,(H,61,62). The lowest BCUT2D eigenvalue weighted by atomic mass is 10.0. The van der Waals surface area contributed by atoms with Crippen LogP contribution in [0.2, 0.25) is 0 Å². The zero-order chi connectivity index (χ0) is 48.8. The van der Waals surface area contributed by atoms with Gasteiger partial charge in [-0.3, -0.25) is 18.6 Å². The van der Waals surface area contributed by atoms with Gasteiger partial charge in [0.05, 0.1) is 13.2 Å². The Kier molecular flexibility index (Phi) is 53.5. The van der Waals surface area contributed by atoms with E-state index in [0.717, 1.165) is 32.1 Å². The normalized spacial score (nSPS) is 13.0. The van der Waals surface area contributed by atoms with Crippen LogP contribution in [0.5, 0.6) is 0 Å². The van der Waals surface area contributed by atoms with Gasteiger partial charge in [0.25, 0.3) is 0 Å². The first-order valence-electron chi connectivity index (χ1n) is 29.5. The smallest absolute Gasteiger partial charge is 0.462 e. The Bertz CT molecular complexity index is 1060. The van der Waals surface area contributed by atoms with E-state index in [1.807, 2.05) is 0 Å². The molecule has 0 aliphatic carbocycles. The highest BCUT2D eigenvalue weighted by Crippen LogP contribution is 2.43. The third-order valence-electron chi connectivity index (χ3n) is 13.5. The maximum Gasteiger partial charge on any atom is 0.472 e. The van der Waals surface area contributed by atoms with Crippen LogP contribution < -0.4 is 5.73 Å². The average molecular weight is 973 g/mol. The summed E-state index contributed by atoms with van der Waals surface area (Å²) in [6.07, 6.45) is 61.0. The highest BCUT2D eigenvalue weighted by atomic mass is 31.2. The minimum Gasteiger partial charge on any atom is -0.462 e. The van der Waals surface area contributed by atoms with E-state index in [0.29, 0.717) is 6.42 Å². The predicted molar refractivity (Wildman–Crippen MR) is 285 cm³/mol. The van der Waals surface area contributed by atoms with Gasteiger partial charge in [0.2, 0.25) is 0 Å². The Morgan fingerprint density at radius 2 is 0.642 bits per heavy atom. The zero-order valence-electron chi connectivity index (χ0n) is 44.7. The fourth-order valence-electron chi connectivity index (χ4n) is 9.11. The summed E-state index contributed by atoms with van der Waals surface area (Å²) in [5, 5.41) is 0. The van der Waals surface area contributed by atoms with Crippen LogP contribution in [-0.2, 0) is 32.7 Å². The summed E-state index contributed by atoms with van der Waals surface area (Å²) >= 11 is 0. The summed E-state index contributed by atoms with van der Waals surface area (Å²) in [5.41, 5.74) is 5.35. The van der Waals surface area contributed by atoms with E-state index in [4.69, 9.17) is 24.3 Å². The van der Waals surface area contributed by atoms with Gasteiger partial charge in [0, 0.05) is 19.4 Å². The van der Waals surface area contributed by atoms with Crippen LogP contribution in [0.3, 0.4) is 0 Å². The largest absolute Gasteiger partial charge is 0.472 e. The zero-order valence-corrected chi connectivity index (χ0v) is 45.6. The topological polar surface area (TPSA) is 134 Å². The van der Waals surface area contributed by atoms with Gasteiger partial charge in [-0.1, -0.05) is 296 Å². The van der Waals surface area contributed by atoms with Gasteiger partial charge >= 0.3 is 19.8 Å². The van der Waals surface area contributed by atoms with E-state index >= 15 is 0 Å². The lowest BCUT2D eigenvalue weighted by Crippen LogP contribution is -2.29. The Morgan fingerprint density at radius 3 is 0.910 bits per heavy atom. The molecule has 0 saturated heterocycles. The molecule has 67 heavy (non-hydrogen) atoms. The van der Waals surface area contributed by atoms with Crippen molar-refractivity contribution in [2.45, 2.75) is 328 Å². The van der Waals surface area contributed by atoms with Crippen LogP contribution in [0, 0.1) is 0 Å². The SMILES string of the molecule is CCCCCCCCCCCCCCCCCCCCCCCCCCCCCCCCCCCCCCCCCC(=O)OC(COC(=O)CCCCCCCCC)COP(=O)(O)OCCN. The molecule has 0 bridgehead atoms. The third kappa shape index (κ3) is 54.2. The number of phosphoric ester groups is 1. The second-order valence-electron chi connectivity index (χ2n) is 20.2. The van der Waals surface area contributed by atoms with Gasteiger partial charge in [0.15, 0.2) is 6.10 Å². The van der Waals surface area contributed by atoms with E-state index in [1.165, 1.54) is 257 Å². The number of carbonyl (C=O) groups is 2. The number of esters is 2. The van der Waals surface area contributed by atoms with Gasteiger partial charge in [-0.15, -0.1) is 0 Å². The van der Waals surface area contributed by atoms with Crippen molar-refractivity contribution < 1.29 is 37.6 Å². The molecule has 0 aromatic carbocycles. The van der Waals surface area contributed by atoms with Gasteiger partial charge < -0.3 is 20.1 Å². The van der Waals surface area contributed by atoms with E-state index in [1.54, 1.807) is 0 Å². The van der Waals surface area contributed by atoms with Crippen LogP contribution in [-0.4, -0.2) is 49.3 Å². The van der Waals surface area contributed by atoms with Gasteiger partial charge in [-0.25, -0.2) is 4.57 Å². The van der Waals surface area contributed by atoms with Crippen molar-refractivity contribution in [1.82, 2.24) is 0 Å². The molecule has 0 saturated carbocycles. The first-order chi connectivity index (χ1) is 32.8. The van der Waals surface area contributed by atoms with E-state index < -0.39 is 26.5 Å². The minimum absolute atomic E-state index is 0.0579. The molecular formula is C57H114NO8P. The summed E-state index contributed by atoms with van der Waals surface area (Å²) in [5.74, 6) is -0.817. The van der Waals surface area contributed by atoms with Gasteiger partial charge in [-0.05, 0) is 12.8 Å². The Labute approximate surface area is 416 Å². The van der Waals surface area contributed by atoms with E-state index in [9.17, 15) is 19.0 Å². The number of phosphoric acid groups is 1. The highest BCUT2D eigenvalue weighted by molar-refractivity contribution is 7.47. The van der Waals surface area contributed by atoms with Gasteiger partial charge in [0.1, 0.15) is 6.61 Å². The third-order valence-corrected chi connectivity index (χ3v) is 14.5. The van der Waals surface area contributed by atoms with Crippen molar-refractivity contribution in [2.24, 2.45) is 5.73 Å². The minimum atomic E-state index is -4.37. The molecule has 0 radical (unpaired) electrons. The summed E-state index contributed by atoms with van der Waals surface area (Å²) in [6, 6.07) is 0. The van der Waals surface area contributed by atoms with Crippen molar-refractivity contribution in [3.05, 3.63) is 0 Å². The molecule has 0 heterocycles. The predicted octanol–water partition coefficient (Wildman–Crippen LogP) is 18.3. The van der Waals surface area contributed by atoms with Crippen molar-refractivity contribution in [3.63, 3.8) is 0 Å². The summed E-state index contributed by atoms with van der Waals surface area (Å²) in [7, 11) is -4.37. The van der Waals surface area contributed by atoms with Crippen LogP contribution >= 0.6 is 7.82 Å². The molecule has 0 aliphatic heterocycles. The number of carbonyl (C=O) groups excluding carboxylic acids is 2. The number of hydrogen-bond donors (Lipinski definition) is 2. The lowest BCUT2D eigenvalue weighted by molar-refractivity contribution is -0.161. The first kappa shape index (κ1) is 66.0. The molecule has 0 fully saturated rings. The van der Waals surface area contributed by atoms with E-state index in [2.05, 4.69) is 13.8 Å². The lowest BCUT2D eigenvalue weighted by Gasteiger charge is -2.19. The molecule has 0 spiro atoms. The maximum absolute atomic E-state index is 12.6. The molecule has 0 aromatic rings. The Hall–Kier alpha value is -0.990. The Balaban J connectivity index is 3.59. The average Bonchev–Trinajstić information content (AvgIpc) is 3.32.